The van der Waals surface area contributed by atoms with E-state index < -0.39 is 5.97 Å². The van der Waals surface area contributed by atoms with Crippen molar-refractivity contribution in [1.82, 2.24) is 9.88 Å². The van der Waals surface area contributed by atoms with Crippen molar-refractivity contribution in [3.63, 3.8) is 0 Å². The van der Waals surface area contributed by atoms with Crippen molar-refractivity contribution in [3.05, 3.63) is 48.7 Å². The molecule has 2 heterocycles. The van der Waals surface area contributed by atoms with Crippen molar-refractivity contribution in [3.8, 4) is 5.75 Å². The molecule has 0 radical (unpaired) electrons. The molecule has 3 fully saturated rings. The van der Waals surface area contributed by atoms with Crippen molar-refractivity contribution in [2.45, 2.75) is 6.42 Å². The van der Waals surface area contributed by atoms with Gasteiger partial charge >= 0.3 is 5.97 Å². The Hall–Kier alpha value is -3.02. The largest absolute Gasteiger partial charge is 0.423 e. The van der Waals surface area contributed by atoms with Crippen molar-refractivity contribution in [2.75, 3.05) is 6.54 Å². The van der Waals surface area contributed by atoms with Crippen LogP contribution in [0.2, 0.25) is 0 Å². The Morgan fingerprint density at radius 3 is 2.43 bits per heavy atom. The molecule has 0 unspecified atom stereocenters. The van der Waals surface area contributed by atoms with Crippen LogP contribution in [0.15, 0.2) is 48.7 Å². The number of para-hydroxylation sites is 1. The summed E-state index contributed by atoms with van der Waals surface area (Å²) in [6.45, 7) is -0.345. The first-order chi connectivity index (χ1) is 13.6. The third kappa shape index (κ3) is 2.08. The Bertz CT molecular complexity index is 1040. The average molecular weight is 374 g/mol. The fourth-order valence-electron chi connectivity index (χ4n) is 5.62. The number of likely N-dealkylation sites (tertiary alicyclic amines) is 1. The highest BCUT2D eigenvalue weighted by atomic mass is 16.5. The number of nitrogens with zero attached hydrogens (tertiary/aromatic N) is 2. The number of ether oxygens (including phenoxy) is 1. The summed E-state index contributed by atoms with van der Waals surface area (Å²) in [5, 5.41) is 0.856. The molecule has 2 aromatic rings. The van der Waals surface area contributed by atoms with E-state index in [4.69, 9.17) is 4.74 Å². The lowest BCUT2D eigenvalue weighted by Crippen LogP contribution is -2.40. The molecule has 28 heavy (non-hydrogen) atoms. The van der Waals surface area contributed by atoms with E-state index in [1.807, 2.05) is 18.2 Å². The van der Waals surface area contributed by atoms with E-state index >= 15 is 0 Å². The lowest BCUT2D eigenvalue weighted by atomic mass is 9.63. The van der Waals surface area contributed by atoms with Gasteiger partial charge in [0.1, 0.15) is 12.1 Å². The van der Waals surface area contributed by atoms with Crippen LogP contribution in [-0.2, 0) is 14.4 Å². The molecule has 2 bridgehead atoms. The van der Waals surface area contributed by atoms with Gasteiger partial charge in [-0.3, -0.25) is 19.5 Å². The average Bonchev–Trinajstić information content (AvgIpc) is 3.49. The number of aromatic nitrogens is 1. The molecule has 1 aliphatic heterocycles. The maximum absolute atomic E-state index is 13.0. The number of amides is 2. The number of pyridine rings is 1. The number of rotatable bonds is 3. The van der Waals surface area contributed by atoms with Gasteiger partial charge in [-0.2, -0.15) is 0 Å². The minimum absolute atomic E-state index is 0.153. The van der Waals surface area contributed by atoms with E-state index in [-0.39, 0.29) is 42.0 Å². The summed E-state index contributed by atoms with van der Waals surface area (Å²) in [4.78, 5) is 43.8. The minimum Gasteiger partial charge on any atom is -0.423 e. The smallest absolute Gasteiger partial charge is 0.331 e. The van der Waals surface area contributed by atoms with E-state index in [1.165, 1.54) is 0 Å². The Morgan fingerprint density at radius 1 is 1.04 bits per heavy atom. The highest BCUT2D eigenvalue weighted by Crippen LogP contribution is 2.65. The maximum Gasteiger partial charge on any atom is 0.331 e. The molecule has 6 nitrogen and oxygen atoms in total. The number of allylic oxidation sites excluding steroid dienone is 2. The first-order valence-corrected chi connectivity index (χ1v) is 9.71. The van der Waals surface area contributed by atoms with Gasteiger partial charge in [0, 0.05) is 11.6 Å². The number of esters is 1. The minimum atomic E-state index is -0.621. The SMILES string of the molecule is O=C(CN1C(=O)[C@H]2[C@@H]3C=C[C@@H]([C@H]4C[C@H]34)[C@@H]2C1=O)Oc1cccc2cccnc12. The number of fused-ring (bicyclic) bond motifs is 1. The van der Waals surface area contributed by atoms with Gasteiger partial charge in [0.25, 0.3) is 0 Å². The molecule has 5 aliphatic rings. The van der Waals surface area contributed by atoms with E-state index in [2.05, 4.69) is 17.1 Å². The van der Waals surface area contributed by atoms with Gasteiger partial charge in [0.05, 0.1) is 11.8 Å². The Balaban J connectivity index is 1.23. The first-order valence-electron chi connectivity index (χ1n) is 9.71. The van der Waals surface area contributed by atoms with Crippen molar-refractivity contribution < 1.29 is 19.1 Å². The summed E-state index contributed by atoms with van der Waals surface area (Å²) in [5.74, 6) is 0.0892. The van der Waals surface area contributed by atoms with Crippen LogP contribution in [0.4, 0.5) is 0 Å². The summed E-state index contributed by atoms with van der Waals surface area (Å²) in [5.41, 5.74) is 0.577. The lowest BCUT2D eigenvalue weighted by molar-refractivity contribution is -0.148. The highest BCUT2D eigenvalue weighted by molar-refractivity contribution is 6.08. The molecule has 2 saturated carbocycles. The summed E-state index contributed by atoms with van der Waals surface area (Å²) >= 11 is 0. The summed E-state index contributed by atoms with van der Waals surface area (Å²) < 4.78 is 5.48. The third-order valence-corrected chi connectivity index (χ3v) is 6.86. The van der Waals surface area contributed by atoms with Crippen LogP contribution in [0.5, 0.6) is 5.75 Å². The van der Waals surface area contributed by atoms with Gasteiger partial charge in [-0.05, 0) is 42.2 Å². The van der Waals surface area contributed by atoms with Crippen molar-refractivity contribution in [1.29, 1.82) is 0 Å². The summed E-state index contributed by atoms with van der Waals surface area (Å²) in [6, 6.07) is 9.02. The third-order valence-electron chi connectivity index (χ3n) is 6.86. The molecule has 0 spiro atoms. The summed E-state index contributed by atoms with van der Waals surface area (Å²) in [7, 11) is 0. The van der Waals surface area contributed by atoms with Crippen LogP contribution in [0.3, 0.4) is 0 Å². The molecule has 0 N–H and O–H groups in total. The molecule has 4 aliphatic carbocycles. The lowest BCUT2D eigenvalue weighted by Gasteiger charge is -2.37. The highest BCUT2D eigenvalue weighted by Gasteiger charge is 2.67. The number of carbonyl (C=O) groups is 3. The fourth-order valence-corrected chi connectivity index (χ4v) is 5.62. The van der Waals surface area contributed by atoms with E-state index in [0.717, 1.165) is 16.7 Å². The second-order valence-electron chi connectivity index (χ2n) is 8.22. The van der Waals surface area contributed by atoms with Crippen LogP contribution in [0.25, 0.3) is 10.9 Å². The fraction of sp³-hybridized carbons (Fsp3) is 0.364. The van der Waals surface area contributed by atoms with Gasteiger partial charge in [0.2, 0.25) is 11.8 Å². The molecule has 7 rings (SSSR count). The van der Waals surface area contributed by atoms with E-state index in [1.54, 1.807) is 18.3 Å². The second-order valence-corrected chi connectivity index (χ2v) is 8.22. The number of benzene rings is 1. The topological polar surface area (TPSA) is 76.6 Å². The Kier molecular flexibility index (Phi) is 3.14. The zero-order chi connectivity index (χ0) is 19.0. The molecular formula is C22H18N2O4. The summed E-state index contributed by atoms with van der Waals surface area (Å²) in [6.07, 6.45) is 6.99. The van der Waals surface area contributed by atoms with Crippen LogP contribution < -0.4 is 4.74 Å². The van der Waals surface area contributed by atoms with Crippen LogP contribution in [0.1, 0.15) is 6.42 Å². The predicted molar refractivity (Wildman–Crippen MR) is 98.8 cm³/mol. The van der Waals surface area contributed by atoms with Gasteiger partial charge in [-0.15, -0.1) is 0 Å². The van der Waals surface area contributed by atoms with E-state index in [0.29, 0.717) is 23.1 Å². The van der Waals surface area contributed by atoms with Crippen LogP contribution >= 0.6 is 0 Å². The van der Waals surface area contributed by atoms with Gasteiger partial charge in [-0.1, -0.05) is 30.4 Å². The van der Waals surface area contributed by atoms with Crippen LogP contribution in [0, 0.1) is 35.5 Å². The zero-order valence-corrected chi connectivity index (χ0v) is 15.0. The Labute approximate surface area is 161 Å². The number of imide groups is 1. The van der Waals surface area contributed by atoms with Gasteiger partial charge < -0.3 is 4.74 Å². The molecule has 140 valence electrons. The number of hydrogen-bond acceptors (Lipinski definition) is 5. The number of carbonyl (C=O) groups excluding carboxylic acids is 3. The van der Waals surface area contributed by atoms with Crippen molar-refractivity contribution >= 4 is 28.7 Å². The quantitative estimate of drug-likeness (QED) is 0.356. The molecule has 1 aromatic heterocycles. The monoisotopic (exact) mass is 374 g/mol. The molecule has 1 saturated heterocycles. The maximum atomic E-state index is 13.0. The van der Waals surface area contributed by atoms with E-state index in [9.17, 15) is 14.4 Å². The Morgan fingerprint density at radius 2 is 1.71 bits per heavy atom. The predicted octanol–water partition coefficient (Wildman–Crippen LogP) is 2.19. The standard InChI is InChI=1S/C22H18N2O4/c25-17(28-16-5-1-3-11-4-2-8-23-20(11)16)10-24-21(26)18-12-6-7-13(15-9-14(12)15)19(18)22(24)27/h1-8,12-15,18-19H,9-10H2/t12-,13+,14-,15-,18+,19+/m1/s1. The molecule has 2 amide bonds. The second kappa shape index (κ2) is 5.50. The first kappa shape index (κ1) is 16.0. The molecule has 1 aromatic carbocycles. The zero-order valence-electron chi connectivity index (χ0n) is 15.0. The molecule has 6 atom stereocenters. The van der Waals surface area contributed by atoms with Crippen LogP contribution in [-0.4, -0.2) is 34.2 Å². The number of hydrogen-bond donors (Lipinski definition) is 0. The normalized spacial score (nSPS) is 34.5. The van der Waals surface area contributed by atoms with Gasteiger partial charge in [0.15, 0.2) is 5.75 Å². The molecular weight excluding hydrogens is 356 g/mol. The van der Waals surface area contributed by atoms with Gasteiger partial charge in [-0.25, -0.2) is 4.79 Å². The van der Waals surface area contributed by atoms with Crippen molar-refractivity contribution in [2.24, 2.45) is 35.5 Å². The molecule has 6 heteroatoms.